The Labute approximate surface area is 120 Å². The van der Waals surface area contributed by atoms with Crippen molar-refractivity contribution in [1.82, 2.24) is 4.90 Å². The van der Waals surface area contributed by atoms with E-state index in [0.29, 0.717) is 12.5 Å². The molecule has 0 aliphatic carbocycles. The monoisotopic (exact) mass is 272 g/mol. The van der Waals surface area contributed by atoms with Crippen LogP contribution in [0.3, 0.4) is 0 Å². The highest BCUT2D eigenvalue weighted by atomic mass is 19.1. The van der Waals surface area contributed by atoms with E-state index < -0.39 is 0 Å². The van der Waals surface area contributed by atoms with Crippen molar-refractivity contribution in [2.45, 2.75) is 12.5 Å². The second-order valence-corrected chi connectivity index (χ2v) is 5.17. The van der Waals surface area contributed by atoms with Crippen molar-refractivity contribution >= 4 is 0 Å². The summed E-state index contributed by atoms with van der Waals surface area (Å²) in [7, 11) is 2.04. The Bertz CT molecular complexity index is 528. The quantitative estimate of drug-likeness (QED) is 0.876. The highest BCUT2D eigenvalue weighted by Gasteiger charge is 2.12. The van der Waals surface area contributed by atoms with Crippen molar-refractivity contribution in [3.8, 4) is 0 Å². The predicted octanol–water partition coefficient (Wildman–Crippen LogP) is 3.00. The smallest absolute Gasteiger partial charge is 0.123 e. The minimum atomic E-state index is -0.186. The Morgan fingerprint density at radius 1 is 1.10 bits per heavy atom. The van der Waals surface area contributed by atoms with E-state index in [4.69, 9.17) is 5.73 Å². The zero-order valence-electron chi connectivity index (χ0n) is 11.8. The SMILES string of the molecule is CN(Cc1cccc(F)c1)CC(CN)c1ccccc1. The molecule has 0 heterocycles. The molecule has 2 aromatic carbocycles. The van der Waals surface area contributed by atoms with Crippen LogP contribution in [0.15, 0.2) is 54.6 Å². The maximum atomic E-state index is 13.2. The van der Waals surface area contributed by atoms with E-state index in [2.05, 4.69) is 17.0 Å². The molecule has 0 aromatic heterocycles. The normalized spacial score (nSPS) is 12.6. The molecule has 2 aromatic rings. The topological polar surface area (TPSA) is 29.3 Å². The molecule has 2 nitrogen and oxygen atoms in total. The second-order valence-electron chi connectivity index (χ2n) is 5.17. The van der Waals surface area contributed by atoms with Gasteiger partial charge in [-0.2, -0.15) is 0 Å². The minimum Gasteiger partial charge on any atom is -0.330 e. The third kappa shape index (κ3) is 4.15. The Morgan fingerprint density at radius 2 is 1.85 bits per heavy atom. The molecule has 2 N–H and O–H groups in total. The molecule has 0 bridgehead atoms. The third-order valence-electron chi connectivity index (χ3n) is 3.43. The summed E-state index contributed by atoms with van der Waals surface area (Å²) in [4.78, 5) is 2.18. The van der Waals surface area contributed by atoms with Crippen LogP contribution >= 0.6 is 0 Å². The number of hydrogen-bond acceptors (Lipinski definition) is 2. The van der Waals surface area contributed by atoms with Gasteiger partial charge in [0, 0.05) is 25.6 Å². The first-order valence-corrected chi connectivity index (χ1v) is 6.87. The van der Waals surface area contributed by atoms with Crippen molar-refractivity contribution in [2.24, 2.45) is 5.73 Å². The number of nitrogens with zero attached hydrogens (tertiary/aromatic N) is 1. The Morgan fingerprint density at radius 3 is 2.50 bits per heavy atom. The summed E-state index contributed by atoms with van der Waals surface area (Å²) in [6.45, 7) is 2.19. The molecular formula is C17H21FN2. The molecule has 0 amide bonds. The summed E-state index contributed by atoms with van der Waals surface area (Å²) < 4.78 is 13.2. The van der Waals surface area contributed by atoms with E-state index in [1.807, 2.05) is 31.3 Å². The van der Waals surface area contributed by atoms with Crippen LogP contribution in [0.1, 0.15) is 17.0 Å². The molecule has 1 unspecified atom stereocenters. The van der Waals surface area contributed by atoms with Gasteiger partial charge in [0.1, 0.15) is 5.82 Å². The molecule has 0 saturated heterocycles. The summed E-state index contributed by atoms with van der Waals surface area (Å²) in [5, 5.41) is 0. The lowest BCUT2D eigenvalue weighted by atomic mass is 9.98. The molecule has 0 aliphatic heterocycles. The summed E-state index contributed by atoms with van der Waals surface area (Å²) in [6, 6.07) is 17.0. The molecule has 0 spiro atoms. The standard InChI is InChI=1S/C17H21FN2/c1-20(12-14-6-5-9-17(18)10-14)13-16(11-19)15-7-3-2-4-8-15/h2-10,16H,11-13,19H2,1H3. The van der Waals surface area contributed by atoms with Crippen LogP contribution < -0.4 is 5.73 Å². The molecule has 3 heteroatoms. The van der Waals surface area contributed by atoms with E-state index >= 15 is 0 Å². The number of nitrogens with two attached hydrogens (primary N) is 1. The van der Waals surface area contributed by atoms with E-state index in [-0.39, 0.29) is 5.82 Å². The fourth-order valence-corrected chi connectivity index (χ4v) is 2.43. The first-order chi connectivity index (χ1) is 9.69. The minimum absolute atomic E-state index is 0.186. The average Bonchev–Trinajstić information content (AvgIpc) is 2.45. The van der Waals surface area contributed by atoms with Crippen LogP contribution in [0.4, 0.5) is 4.39 Å². The lowest BCUT2D eigenvalue weighted by Gasteiger charge is -2.23. The highest BCUT2D eigenvalue weighted by Crippen LogP contribution is 2.16. The van der Waals surface area contributed by atoms with Crippen LogP contribution in [0.5, 0.6) is 0 Å². The van der Waals surface area contributed by atoms with Crippen LogP contribution in [0, 0.1) is 5.82 Å². The Balaban J connectivity index is 1.97. The second kappa shape index (κ2) is 7.17. The van der Waals surface area contributed by atoms with Gasteiger partial charge in [-0.15, -0.1) is 0 Å². The van der Waals surface area contributed by atoms with Crippen molar-refractivity contribution in [3.63, 3.8) is 0 Å². The van der Waals surface area contributed by atoms with Gasteiger partial charge in [0.25, 0.3) is 0 Å². The van der Waals surface area contributed by atoms with E-state index in [1.54, 1.807) is 12.1 Å². The van der Waals surface area contributed by atoms with Gasteiger partial charge in [-0.3, -0.25) is 0 Å². The number of benzene rings is 2. The first kappa shape index (κ1) is 14.7. The van der Waals surface area contributed by atoms with Crippen LogP contribution in [0.25, 0.3) is 0 Å². The van der Waals surface area contributed by atoms with Crippen LogP contribution in [-0.2, 0) is 6.54 Å². The molecule has 0 radical (unpaired) electrons. The molecule has 0 aliphatic rings. The van der Waals surface area contributed by atoms with Gasteiger partial charge in [-0.25, -0.2) is 4.39 Å². The fraction of sp³-hybridized carbons (Fsp3) is 0.294. The van der Waals surface area contributed by atoms with Gasteiger partial charge in [0.2, 0.25) is 0 Å². The maximum Gasteiger partial charge on any atom is 0.123 e. The summed E-state index contributed by atoms with van der Waals surface area (Å²) >= 11 is 0. The van der Waals surface area contributed by atoms with Crippen LogP contribution in [0.2, 0.25) is 0 Å². The first-order valence-electron chi connectivity index (χ1n) is 6.87. The van der Waals surface area contributed by atoms with Crippen molar-refractivity contribution in [3.05, 3.63) is 71.5 Å². The number of hydrogen-bond donors (Lipinski definition) is 1. The van der Waals surface area contributed by atoms with E-state index in [9.17, 15) is 4.39 Å². The highest BCUT2D eigenvalue weighted by molar-refractivity contribution is 5.20. The van der Waals surface area contributed by atoms with E-state index in [0.717, 1.165) is 18.7 Å². The number of rotatable bonds is 6. The summed E-state index contributed by atoms with van der Waals surface area (Å²) in [6.07, 6.45) is 0. The van der Waals surface area contributed by atoms with Gasteiger partial charge >= 0.3 is 0 Å². The number of halogens is 1. The van der Waals surface area contributed by atoms with E-state index in [1.165, 1.54) is 11.6 Å². The molecular weight excluding hydrogens is 251 g/mol. The fourth-order valence-electron chi connectivity index (χ4n) is 2.43. The molecule has 1 atom stereocenters. The van der Waals surface area contributed by atoms with Crippen molar-refractivity contribution < 1.29 is 4.39 Å². The van der Waals surface area contributed by atoms with Gasteiger partial charge in [-0.05, 0) is 30.3 Å². The predicted molar refractivity (Wildman–Crippen MR) is 81.0 cm³/mol. The Hall–Kier alpha value is -1.71. The maximum absolute atomic E-state index is 13.2. The summed E-state index contributed by atoms with van der Waals surface area (Å²) in [5.41, 5.74) is 8.12. The van der Waals surface area contributed by atoms with Crippen molar-refractivity contribution in [1.29, 1.82) is 0 Å². The number of likely N-dealkylation sites (N-methyl/N-ethyl adjacent to an activating group) is 1. The lowest BCUT2D eigenvalue weighted by molar-refractivity contribution is 0.304. The lowest BCUT2D eigenvalue weighted by Crippen LogP contribution is -2.28. The van der Waals surface area contributed by atoms with Crippen molar-refractivity contribution in [2.75, 3.05) is 20.1 Å². The molecule has 106 valence electrons. The zero-order valence-corrected chi connectivity index (χ0v) is 11.8. The molecule has 20 heavy (non-hydrogen) atoms. The Kier molecular flexibility index (Phi) is 5.27. The van der Waals surface area contributed by atoms with Gasteiger partial charge < -0.3 is 10.6 Å². The average molecular weight is 272 g/mol. The zero-order chi connectivity index (χ0) is 14.4. The van der Waals surface area contributed by atoms with Gasteiger partial charge in [0.15, 0.2) is 0 Å². The molecule has 2 rings (SSSR count). The largest absolute Gasteiger partial charge is 0.330 e. The van der Waals surface area contributed by atoms with Gasteiger partial charge in [0.05, 0.1) is 0 Å². The van der Waals surface area contributed by atoms with Crippen LogP contribution in [-0.4, -0.2) is 25.0 Å². The third-order valence-corrected chi connectivity index (χ3v) is 3.43. The molecule has 0 saturated carbocycles. The van der Waals surface area contributed by atoms with Gasteiger partial charge in [-0.1, -0.05) is 42.5 Å². The molecule has 0 fully saturated rings. The summed E-state index contributed by atoms with van der Waals surface area (Å²) in [5.74, 6) is 0.115.